The first kappa shape index (κ1) is 16.7. The molecule has 6 heteroatoms. The quantitative estimate of drug-likeness (QED) is 0.902. The summed E-state index contributed by atoms with van der Waals surface area (Å²) in [4.78, 5) is 0. The van der Waals surface area contributed by atoms with Gasteiger partial charge in [0.1, 0.15) is 0 Å². The van der Waals surface area contributed by atoms with E-state index in [4.69, 9.17) is 11.6 Å². The Hall–Kier alpha value is -0.620. The van der Waals surface area contributed by atoms with Crippen molar-refractivity contribution in [1.29, 1.82) is 0 Å². The molecule has 0 unspecified atom stereocenters. The van der Waals surface area contributed by atoms with Crippen LogP contribution in [-0.4, -0.2) is 32.4 Å². The molecule has 1 aromatic carbocycles. The number of piperidine rings is 1. The van der Waals surface area contributed by atoms with Gasteiger partial charge in [-0.3, -0.25) is 0 Å². The van der Waals surface area contributed by atoms with Crippen LogP contribution < -0.4 is 4.72 Å². The lowest BCUT2D eigenvalue weighted by Gasteiger charge is -2.33. The Kier molecular flexibility index (Phi) is 5.66. The first-order chi connectivity index (χ1) is 9.87. The zero-order valence-electron chi connectivity index (χ0n) is 12.5. The molecule has 0 aliphatic carbocycles. The van der Waals surface area contributed by atoms with Crippen molar-refractivity contribution in [2.45, 2.75) is 26.7 Å². The lowest BCUT2D eigenvalue weighted by molar-refractivity contribution is 0.220. The molecule has 1 aliphatic rings. The van der Waals surface area contributed by atoms with E-state index in [9.17, 15) is 8.42 Å². The van der Waals surface area contributed by atoms with Gasteiger partial charge < -0.3 is 0 Å². The molecule has 1 heterocycles. The van der Waals surface area contributed by atoms with Gasteiger partial charge in [-0.2, -0.15) is 12.7 Å². The number of hydrogen-bond acceptors (Lipinski definition) is 2. The second kappa shape index (κ2) is 7.09. The number of benzene rings is 1. The fraction of sp³-hybridized carbons (Fsp3) is 0.600. The van der Waals surface area contributed by atoms with Crippen molar-refractivity contribution in [2.24, 2.45) is 11.8 Å². The smallest absolute Gasteiger partial charge is 0.202 e. The van der Waals surface area contributed by atoms with E-state index in [0.29, 0.717) is 42.9 Å². The third kappa shape index (κ3) is 4.95. The predicted molar refractivity (Wildman–Crippen MR) is 86.6 cm³/mol. The van der Waals surface area contributed by atoms with Crippen molar-refractivity contribution in [3.8, 4) is 0 Å². The Labute approximate surface area is 132 Å². The summed E-state index contributed by atoms with van der Waals surface area (Å²) >= 11 is 5.83. The van der Waals surface area contributed by atoms with Gasteiger partial charge in [0.25, 0.3) is 10.2 Å². The molecule has 0 aromatic heterocycles. The van der Waals surface area contributed by atoms with Crippen molar-refractivity contribution in [2.75, 3.05) is 19.6 Å². The zero-order chi connectivity index (χ0) is 15.5. The average Bonchev–Trinajstić information content (AvgIpc) is 2.40. The van der Waals surface area contributed by atoms with Crippen LogP contribution in [0.25, 0.3) is 0 Å². The lowest BCUT2D eigenvalue weighted by atomic mass is 9.94. The van der Waals surface area contributed by atoms with Crippen LogP contribution in [0.3, 0.4) is 0 Å². The van der Waals surface area contributed by atoms with Gasteiger partial charge in [0, 0.05) is 24.7 Å². The van der Waals surface area contributed by atoms with Crippen LogP contribution in [0.15, 0.2) is 24.3 Å². The summed E-state index contributed by atoms with van der Waals surface area (Å²) in [6, 6.07) is 7.47. The molecular formula is C15H23ClN2O2S. The molecule has 0 amide bonds. The van der Waals surface area contributed by atoms with Crippen molar-refractivity contribution in [3.05, 3.63) is 34.9 Å². The van der Waals surface area contributed by atoms with Gasteiger partial charge >= 0.3 is 0 Å². The van der Waals surface area contributed by atoms with E-state index in [2.05, 4.69) is 18.6 Å². The lowest BCUT2D eigenvalue weighted by Crippen LogP contribution is -2.48. The number of nitrogens with zero attached hydrogens (tertiary/aromatic N) is 1. The molecule has 4 nitrogen and oxygen atoms in total. The molecule has 1 aliphatic heterocycles. The highest BCUT2D eigenvalue weighted by Crippen LogP contribution is 2.22. The zero-order valence-corrected chi connectivity index (χ0v) is 14.1. The molecule has 2 rings (SSSR count). The molecule has 1 N–H and O–H groups in total. The van der Waals surface area contributed by atoms with Gasteiger partial charge in [0.05, 0.1) is 0 Å². The molecular weight excluding hydrogens is 308 g/mol. The number of hydrogen-bond donors (Lipinski definition) is 1. The molecule has 118 valence electrons. The van der Waals surface area contributed by atoms with E-state index in [-0.39, 0.29) is 0 Å². The van der Waals surface area contributed by atoms with Gasteiger partial charge in [-0.25, -0.2) is 4.72 Å². The largest absolute Gasteiger partial charge is 0.279 e. The van der Waals surface area contributed by atoms with Crippen molar-refractivity contribution in [1.82, 2.24) is 9.03 Å². The van der Waals surface area contributed by atoms with Crippen LogP contribution in [0.5, 0.6) is 0 Å². The van der Waals surface area contributed by atoms with Crippen molar-refractivity contribution < 1.29 is 8.42 Å². The topological polar surface area (TPSA) is 49.4 Å². The summed E-state index contributed by atoms with van der Waals surface area (Å²) < 4.78 is 28.9. The van der Waals surface area contributed by atoms with Gasteiger partial charge in [-0.05, 0) is 42.4 Å². The summed E-state index contributed by atoms with van der Waals surface area (Å²) in [5.74, 6) is 0.836. The van der Waals surface area contributed by atoms with Crippen LogP contribution in [0.4, 0.5) is 0 Å². The standard InChI is InChI=1S/C15H23ClN2O2S/c1-12-9-13(2)11-18(10-12)21(19,20)17-8-7-14-3-5-15(16)6-4-14/h3-6,12-13,17H,7-11H2,1-2H3/t12-,13-/m1/s1. The molecule has 0 bridgehead atoms. The minimum Gasteiger partial charge on any atom is -0.202 e. The second-order valence-electron chi connectivity index (χ2n) is 6.04. The summed E-state index contributed by atoms with van der Waals surface area (Å²) in [5.41, 5.74) is 1.07. The van der Waals surface area contributed by atoms with Crippen molar-refractivity contribution in [3.63, 3.8) is 0 Å². The monoisotopic (exact) mass is 330 g/mol. The minimum absolute atomic E-state index is 0.406. The van der Waals surface area contributed by atoms with Gasteiger partial charge in [-0.15, -0.1) is 0 Å². The molecule has 0 spiro atoms. The van der Waals surface area contributed by atoms with Crippen LogP contribution in [0, 0.1) is 11.8 Å². The first-order valence-electron chi connectivity index (χ1n) is 7.36. The van der Waals surface area contributed by atoms with Gasteiger partial charge in [0.2, 0.25) is 0 Å². The highest BCUT2D eigenvalue weighted by Gasteiger charge is 2.29. The highest BCUT2D eigenvalue weighted by molar-refractivity contribution is 7.87. The fourth-order valence-electron chi connectivity index (χ4n) is 2.87. The number of rotatable bonds is 5. The van der Waals surface area contributed by atoms with Crippen molar-refractivity contribution >= 4 is 21.8 Å². The Bertz CT molecular complexity index is 550. The van der Waals surface area contributed by atoms with E-state index in [1.807, 2.05) is 24.3 Å². The normalized spacial score (nSPS) is 24.1. The predicted octanol–water partition coefficient (Wildman–Crippen LogP) is 2.69. The Morgan fingerprint density at radius 1 is 1.19 bits per heavy atom. The van der Waals surface area contributed by atoms with E-state index in [0.717, 1.165) is 12.0 Å². The first-order valence-corrected chi connectivity index (χ1v) is 9.18. The van der Waals surface area contributed by atoms with Crippen LogP contribution in [0.2, 0.25) is 5.02 Å². The van der Waals surface area contributed by atoms with E-state index >= 15 is 0 Å². The average molecular weight is 331 g/mol. The second-order valence-corrected chi connectivity index (χ2v) is 8.23. The summed E-state index contributed by atoms with van der Waals surface area (Å²) in [6.07, 6.45) is 1.76. The maximum absolute atomic E-state index is 12.3. The molecule has 1 saturated heterocycles. The van der Waals surface area contributed by atoms with Crippen LogP contribution in [0.1, 0.15) is 25.8 Å². The number of nitrogens with one attached hydrogen (secondary N) is 1. The third-order valence-electron chi connectivity index (χ3n) is 3.79. The molecule has 1 aromatic rings. The highest BCUT2D eigenvalue weighted by atomic mass is 35.5. The van der Waals surface area contributed by atoms with Gasteiger partial charge in [0.15, 0.2) is 0 Å². The maximum atomic E-state index is 12.3. The third-order valence-corrected chi connectivity index (χ3v) is 5.59. The van der Waals surface area contributed by atoms with Crippen LogP contribution >= 0.6 is 11.6 Å². The van der Waals surface area contributed by atoms with E-state index in [1.165, 1.54) is 0 Å². The Morgan fingerprint density at radius 2 is 1.76 bits per heavy atom. The summed E-state index contributed by atoms with van der Waals surface area (Å²) in [6.45, 7) is 5.84. The van der Waals surface area contributed by atoms with E-state index < -0.39 is 10.2 Å². The number of halogens is 1. The maximum Gasteiger partial charge on any atom is 0.279 e. The Balaban J connectivity index is 1.87. The SMILES string of the molecule is C[C@@H]1C[C@@H](C)CN(S(=O)(=O)NCCc2ccc(Cl)cc2)C1. The summed E-state index contributed by atoms with van der Waals surface area (Å²) in [5, 5.41) is 0.690. The molecule has 1 fully saturated rings. The molecule has 0 radical (unpaired) electrons. The minimum atomic E-state index is -3.37. The molecule has 0 saturated carbocycles. The van der Waals surface area contributed by atoms with Gasteiger partial charge in [-0.1, -0.05) is 37.6 Å². The fourth-order valence-corrected chi connectivity index (χ4v) is 4.44. The molecule has 21 heavy (non-hydrogen) atoms. The van der Waals surface area contributed by atoms with Crippen LogP contribution in [-0.2, 0) is 16.6 Å². The Morgan fingerprint density at radius 3 is 2.33 bits per heavy atom. The summed E-state index contributed by atoms with van der Waals surface area (Å²) in [7, 11) is -3.37. The molecule has 2 atom stereocenters. The van der Waals surface area contributed by atoms with E-state index in [1.54, 1.807) is 4.31 Å².